The van der Waals surface area contributed by atoms with E-state index < -0.39 is 0 Å². The maximum Gasteiger partial charge on any atom is 0.123 e. The highest BCUT2D eigenvalue weighted by Crippen LogP contribution is 2.21. The second-order valence-corrected chi connectivity index (χ2v) is 6.09. The highest BCUT2D eigenvalue weighted by atomic mass is 19.1. The third-order valence-corrected chi connectivity index (χ3v) is 4.40. The lowest BCUT2D eigenvalue weighted by Crippen LogP contribution is -2.10. The zero-order chi connectivity index (χ0) is 18.7. The number of rotatable bonds is 7. The monoisotopic (exact) mass is 343 g/mol. The molecule has 0 aliphatic heterocycles. The van der Waals surface area contributed by atoms with Crippen LogP contribution in [0.3, 0.4) is 0 Å². The molecule has 0 aromatic heterocycles. The van der Waals surface area contributed by atoms with Gasteiger partial charge in [0.1, 0.15) is 5.83 Å². The first-order chi connectivity index (χ1) is 12.1. The molecule has 0 atom stereocenters. The average molecular weight is 343 g/mol. The number of nitrogens with two attached hydrogens (primary N) is 1. The third-order valence-electron chi connectivity index (χ3n) is 4.40. The van der Waals surface area contributed by atoms with E-state index in [-0.39, 0.29) is 5.83 Å². The zero-order valence-electron chi connectivity index (χ0n) is 15.7. The van der Waals surface area contributed by atoms with E-state index in [9.17, 15) is 4.39 Å². The molecule has 1 aliphatic carbocycles. The van der Waals surface area contributed by atoms with Crippen molar-refractivity contribution in [3.8, 4) is 0 Å². The minimum Gasteiger partial charge on any atom is -0.404 e. The van der Waals surface area contributed by atoms with Crippen molar-refractivity contribution in [2.24, 2.45) is 15.7 Å². The first kappa shape index (κ1) is 20.9. The van der Waals surface area contributed by atoms with Crippen molar-refractivity contribution < 1.29 is 4.39 Å². The van der Waals surface area contributed by atoms with Crippen molar-refractivity contribution in [1.29, 1.82) is 0 Å². The summed E-state index contributed by atoms with van der Waals surface area (Å²) >= 11 is 0. The van der Waals surface area contributed by atoms with E-state index in [1.54, 1.807) is 26.3 Å². The van der Waals surface area contributed by atoms with E-state index in [1.807, 2.05) is 6.92 Å². The third kappa shape index (κ3) is 6.67. The second kappa shape index (κ2) is 11.4. The molecule has 2 N–H and O–H groups in total. The first-order valence-corrected chi connectivity index (χ1v) is 8.98. The summed E-state index contributed by atoms with van der Waals surface area (Å²) in [5, 5.41) is 0. The lowest BCUT2D eigenvalue weighted by molar-refractivity contribution is 0.444. The van der Waals surface area contributed by atoms with E-state index in [0.717, 1.165) is 18.4 Å². The summed E-state index contributed by atoms with van der Waals surface area (Å²) in [5.41, 5.74) is 11.2. The highest BCUT2D eigenvalue weighted by Gasteiger charge is 2.11. The van der Waals surface area contributed by atoms with Gasteiger partial charge in [-0.25, -0.2) is 4.39 Å². The zero-order valence-corrected chi connectivity index (χ0v) is 15.7. The van der Waals surface area contributed by atoms with Crippen LogP contribution >= 0.6 is 0 Å². The lowest BCUT2D eigenvalue weighted by atomic mass is 9.96. The Bertz CT molecular complexity index is 638. The topological polar surface area (TPSA) is 50.7 Å². The Labute approximate surface area is 151 Å². The molecule has 0 amide bonds. The van der Waals surface area contributed by atoms with Crippen LogP contribution in [0.2, 0.25) is 0 Å². The normalized spacial score (nSPS) is 18.6. The van der Waals surface area contributed by atoms with E-state index in [0.29, 0.717) is 29.3 Å². The minimum atomic E-state index is -0.241. The molecule has 4 heteroatoms. The van der Waals surface area contributed by atoms with Gasteiger partial charge < -0.3 is 5.73 Å². The summed E-state index contributed by atoms with van der Waals surface area (Å²) in [4.78, 5) is 9.01. The highest BCUT2D eigenvalue weighted by molar-refractivity contribution is 5.98. The van der Waals surface area contributed by atoms with E-state index in [1.165, 1.54) is 31.5 Å². The summed E-state index contributed by atoms with van der Waals surface area (Å²) in [6.07, 6.45) is 12.9. The van der Waals surface area contributed by atoms with Crippen molar-refractivity contribution in [2.45, 2.75) is 65.3 Å². The second-order valence-electron chi connectivity index (χ2n) is 6.09. The summed E-state index contributed by atoms with van der Waals surface area (Å²) in [6.45, 7) is 9.08. The molecular weight excluding hydrogens is 313 g/mol. The number of allylic oxidation sites excluding steroid dienone is 6. The van der Waals surface area contributed by atoms with E-state index in [2.05, 4.69) is 22.3 Å². The van der Waals surface area contributed by atoms with Gasteiger partial charge in [0.2, 0.25) is 0 Å². The molecule has 25 heavy (non-hydrogen) atoms. The Hall–Kier alpha value is -2.19. The molecule has 0 bridgehead atoms. The number of hydrogen-bond donors (Lipinski definition) is 1. The molecule has 0 spiro atoms. The van der Waals surface area contributed by atoms with Gasteiger partial charge in [0.25, 0.3) is 0 Å². The summed E-state index contributed by atoms with van der Waals surface area (Å²) < 4.78 is 13.8. The summed E-state index contributed by atoms with van der Waals surface area (Å²) in [5.74, 6) is -0.241. The summed E-state index contributed by atoms with van der Waals surface area (Å²) in [7, 11) is 0. The van der Waals surface area contributed by atoms with Crippen LogP contribution in [0.15, 0.2) is 62.8 Å². The predicted molar refractivity (Wildman–Crippen MR) is 107 cm³/mol. The SMILES string of the molecule is C=C=C(C=N/C(C)=C(CC)\C(F)=C/C)C(C=NC1CCCCC1)=CN. The van der Waals surface area contributed by atoms with Gasteiger partial charge in [-0.3, -0.25) is 9.98 Å². The average Bonchev–Trinajstić information content (AvgIpc) is 2.65. The van der Waals surface area contributed by atoms with Gasteiger partial charge in [0.05, 0.1) is 0 Å². The molecule has 1 saturated carbocycles. The number of nitrogens with zero attached hydrogens (tertiary/aromatic N) is 2. The predicted octanol–water partition coefficient (Wildman–Crippen LogP) is 5.57. The Morgan fingerprint density at radius 3 is 2.48 bits per heavy atom. The molecule has 0 aromatic carbocycles. The smallest absolute Gasteiger partial charge is 0.123 e. The fourth-order valence-electron chi connectivity index (χ4n) is 2.85. The van der Waals surface area contributed by atoms with Gasteiger partial charge in [0.15, 0.2) is 0 Å². The Balaban J connectivity index is 2.94. The van der Waals surface area contributed by atoms with Gasteiger partial charge >= 0.3 is 0 Å². The van der Waals surface area contributed by atoms with Crippen molar-refractivity contribution >= 4 is 12.4 Å². The van der Waals surface area contributed by atoms with Crippen LogP contribution in [0.4, 0.5) is 4.39 Å². The van der Waals surface area contributed by atoms with Gasteiger partial charge in [-0.1, -0.05) is 38.8 Å². The molecular formula is C21H30FN3. The fourth-order valence-corrected chi connectivity index (χ4v) is 2.85. The van der Waals surface area contributed by atoms with Crippen LogP contribution in [0.25, 0.3) is 0 Å². The molecule has 0 saturated heterocycles. The molecule has 0 radical (unpaired) electrons. The van der Waals surface area contributed by atoms with Crippen LogP contribution in [-0.4, -0.2) is 18.5 Å². The largest absolute Gasteiger partial charge is 0.404 e. The van der Waals surface area contributed by atoms with Crippen molar-refractivity contribution in [3.05, 3.63) is 52.8 Å². The molecule has 3 nitrogen and oxygen atoms in total. The van der Waals surface area contributed by atoms with Crippen LogP contribution in [0, 0.1) is 0 Å². The first-order valence-electron chi connectivity index (χ1n) is 8.98. The maximum absolute atomic E-state index is 13.8. The standard InChI is InChI=1S/C21H30FN3/c1-5-17(14-24-16(4)20(6-2)21(22)7-3)18(13-23)15-25-19-11-9-8-10-12-19/h7,13-15,19H,1,6,8-12,23H2,2-4H3/b18-13?,20-16-,21-7+,24-14?,25-15?. The minimum absolute atomic E-state index is 0.241. The van der Waals surface area contributed by atoms with Crippen LogP contribution in [0.1, 0.15) is 59.3 Å². The van der Waals surface area contributed by atoms with Crippen molar-refractivity contribution in [3.63, 3.8) is 0 Å². The Morgan fingerprint density at radius 2 is 1.96 bits per heavy atom. The van der Waals surface area contributed by atoms with Gasteiger partial charge in [-0.15, -0.1) is 5.73 Å². The van der Waals surface area contributed by atoms with Crippen LogP contribution in [0.5, 0.6) is 0 Å². The lowest BCUT2D eigenvalue weighted by Gasteiger charge is -2.17. The van der Waals surface area contributed by atoms with Crippen molar-refractivity contribution in [2.75, 3.05) is 0 Å². The van der Waals surface area contributed by atoms with Crippen LogP contribution < -0.4 is 5.73 Å². The quantitative estimate of drug-likeness (QED) is 0.366. The molecule has 0 unspecified atom stereocenters. The molecule has 0 aromatic rings. The number of aliphatic imine (C=N–C) groups is 2. The van der Waals surface area contributed by atoms with E-state index in [4.69, 9.17) is 5.73 Å². The Kier molecular flexibility index (Phi) is 9.49. The molecule has 136 valence electrons. The van der Waals surface area contributed by atoms with Gasteiger partial charge in [0, 0.05) is 47.1 Å². The molecule has 0 heterocycles. The Morgan fingerprint density at radius 1 is 1.28 bits per heavy atom. The van der Waals surface area contributed by atoms with Crippen LogP contribution in [-0.2, 0) is 0 Å². The van der Waals surface area contributed by atoms with Crippen molar-refractivity contribution in [1.82, 2.24) is 0 Å². The molecule has 1 rings (SSSR count). The van der Waals surface area contributed by atoms with E-state index >= 15 is 0 Å². The van der Waals surface area contributed by atoms with Gasteiger partial charge in [-0.05, 0) is 33.1 Å². The number of hydrogen-bond acceptors (Lipinski definition) is 3. The molecule has 1 fully saturated rings. The molecule has 1 aliphatic rings. The van der Waals surface area contributed by atoms with Gasteiger partial charge in [-0.2, -0.15) is 0 Å². The maximum atomic E-state index is 13.8. The number of halogens is 1. The fraction of sp³-hybridized carbons (Fsp3) is 0.476. The summed E-state index contributed by atoms with van der Waals surface area (Å²) in [6, 6.07) is 0.365.